The van der Waals surface area contributed by atoms with Crippen molar-refractivity contribution in [2.24, 2.45) is 4.99 Å². The average molecular weight is 693 g/mol. The number of non-ortho nitro benzene ring substituents is 1. The first-order chi connectivity index (χ1) is 19.9. The van der Waals surface area contributed by atoms with Crippen LogP contribution in [0.15, 0.2) is 116 Å². The molecule has 1 fully saturated rings. The van der Waals surface area contributed by atoms with Crippen LogP contribution >= 0.6 is 43.6 Å². The number of hydrogen-bond acceptors (Lipinski definition) is 6. The maximum Gasteiger partial charge on any atom is 0.269 e. The number of halogens is 2. The zero-order valence-corrected chi connectivity index (χ0v) is 25.6. The average Bonchev–Trinajstić information content (AvgIpc) is 3.26. The Labute approximate surface area is 258 Å². The molecule has 0 aromatic heterocycles. The van der Waals surface area contributed by atoms with Crippen molar-refractivity contribution >= 4 is 66.5 Å². The summed E-state index contributed by atoms with van der Waals surface area (Å²) in [5.41, 5.74) is 3.56. The zero-order valence-electron chi connectivity index (χ0n) is 21.6. The summed E-state index contributed by atoms with van der Waals surface area (Å²) in [6, 6.07) is 29.7. The molecule has 4 aromatic carbocycles. The smallest absolute Gasteiger partial charge is 0.269 e. The van der Waals surface area contributed by atoms with E-state index in [2.05, 4.69) is 31.9 Å². The lowest BCUT2D eigenvalue weighted by atomic mass is 10.1. The predicted molar refractivity (Wildman–Crippen MR) is 169 cm³/mol. The normalized spacial score (nSPS) is 15.1. The SMILES string of the molecule is O=C1/C(=C\c2cc(Br)cc(Br)c2OCc2ccc([N+](=O)[O-])cc2)SC(=NCc2ccccc2)N1Cc1ccccc1. The van der Waals surface area contributed by atoms with Crippen molar-refractivity contribution in [2.75, 3.05) is 0 Å². The van der Waals surface area contributed by atoms with Crippen molar-refractivity contribution in [1.29, 1.82) is 0 Å². The predicted octanol–water partition coefficient (Wildman–Crippen LogP) is 8.37. The van der Waals surface area contributed by atoms with E-state index in [0.29, 0.717) is 38.9 Å². The summed E-state index contributed by atoms with van der Waals surface area (Å²) >= 11 is 8.47. The highest BCUT2D eigenvalue weighted by molar-refractivity contribution is 9.11. The molecule has 0 saturated carbocycles. The molecule has 1 aliphatic rings. The number of ether oxygens (including phenoxy) is 1. The first-order valence-electron chi connectivity index (χ1n) is 12.6. The summed E-state index contributed by atoms with van der Waals surface area (Å²) < 4.78 is 7.68. The number of thioether (sulfide) groups is 1. The molecular weight excluding hydrogens is 670 g/mol. The van der Waals surface area contributed by atoms with Crippen LogP contribution in [-0.4, -0.2) is 20.9 Å². The summed E-state index contributed by atoms with van der Waals surface area (Å²) in [5.74, 6) is 0.416. The molecule has 1 aliphatic heterocycles. The van der Waals surface area contributed by atoms with E-state index < -0.39 is 4.92 Å². The highest BCUT2D eigenvalue weighted by Crippen LogP contribution is 2.39. The Morgan fingerprint density at radius 1 is 0.902 bits per heavy atom. The minimum atomic E-state index is -0.436. The molecule has 206 valence electrons. The molecule has 41 heavy (non-hydrogen) atoms. The van der Waals surface area contributed by atoms with Gasteiger partial charge in [-0.25, -0.2) is 0 Å². The maximum absolute atomic E-state index is 13.7. The van der Waals surface area contributed by atoms with Crippen molar-refractivity contribution in [3.63, 3.8) is 0 Å². The van der Waals surface area contributed by atoms with Crippen LogP contribution in [0.1, 0.15) is 22.3 Å². The fourth-order valence-electron chi connectivity index (χ4n) is 4.12. The first kappa shape index (κ1) is 28.8. The molecule has 0 spiro atoms. The quantitative estimate of drug-likeness (QED) is 0.1000. The standard InChI is InChI=1S/C31H23Br2N3O4S/c32-25-15-24(29(27(33)17-25)40-20-23-11-13-26(14-12-23)36(38)39)16-28-30(37)35(19-22-9-5-2-6-10-22)31(41-28)34-18-21-7-3-1-4-8-21/h1-17H,18-20H2/b28-16+,34-31?. The van der Waals surface area contributed by atoms with Gasteiger partial charge < -0.3 is 4.74 Å². The Morgan fingerprint density at radius 3 is 2.22 bits per heavy atom. The minimum absolute atomic E-state index is 0.0190. The van der Waals surface area contributed by atoms with Gasteiger partial charge in [-0.1, -0.05) is 76.6 Å². The Morgan fingerprint density at radius 2 is 1.56 bits per heavy atom. The van der Waals surface area contributed by atoms with Crippen LogP contribution in [-0.2, 0) is 24.5 Å². The van der Waals surface area contributed by atoms with Gasteiger partial charge in [0.05, 0.1) is 27.4 Å². The molecule has 4 aromatic rings. The third kappa shape index (κ3) is 7.32. The van der Waals surface area contributed by atoms with E-state index in [0.717, 1.165) is 21.2 Å². The van der Waals surface area contributed by atoms with E-state index in [1.165, 1.54) is 23.9 Å². The highest BCUT2D eigenvalue weighted by Gasteiger charge is 2.33. The van der Waals surface area contributed by atoms with Gasteiger partial charge in [0.1, 0.15) is 12.4 Å². The summed E-state index contributed by atoms with van der Waals surface area (Å²) in [7, 11) is 0. The third-order valence-electron chi connectivity index (χ3n) is 6.17. The molecule has 0 radical (unpaired) electrons. The van der Waals surface area contributed by atoms with Crippen LogP contribution in [0.3, 0.4) is 0 Å². The lowest BCUT2D eigenvalue weighted by Crippen LogP contribution is -2.28. The van der Waals surface area contributed by atoms with Gasteiger partial charge in [0.25, 0.3) is 11.6 Å². The largest absolute Gasteiger partial charge is 0.487 e. The van der Waals surface area contributed by atoms with E-state index in [-0.39, 0.29) is 18.2 Å². The van der Waals surface area contributed by atoms with Crippen molar-refractivity contribution in [3.05, 3.63) is 143 Å². The Bertz CT molecular complexity index is 1630. The molecule has 1 heterocycles. The van der Waals surface area contributed by atoms with Crippen molar-refractivity contribution in [3.8, 4) is 5.75 Å². The van der Waals surface area contributed by atoms with E-state index in [1.807, 2.05) is 78.9 Å². The highest BCUT2D eigenvalue weighted by atomic mass is 79.9. The summed E-state index contributed by atoms with van der Waals surface area (Å²) in [4.78, 5) is 31.3. The number of carbonyl (C=O) groups excluding carboxylic acids is 1. The van der Waals surface area contributed by atoms with Crippen LogP contribution in [0.2, 0.25) is 0 Å². The van der Waals surface area contributed by atoms with E-state index in [4.69, 9.17) is 9.73 Å². The number of rotatable bonds is 9. The van der Waals surface area contributed by atoms with Crippen molar-refractivity contribution < 1.29 is 14.5 Å². The third-order valence-corrected chi connectivity index (χ3v) is 8.26. The second-order valence-electron chi connectivity index (χ2n) is 9.09. The number of carbonyl (C=O) groups is 1. The van der Waals surface area contributed by atoms with Gasteiger partial charge >= 0.3 is 0 Å². The van der Waals surface area contributed by atoms with Gasteiger partial charge in [0.15, 0.2) is 5.17 Å². The second-order valence-corrected chi connectivity index (χ2v) is 11.9. The number of benzene rings is 4. The molecule has 0 bridgehead atoms. The molecule has 7 nitrogen and oxygen atoms in total. The Hall–Kier alpha value is -3.73. The Kier molecular flexibility index (Phi) is 9.33. The van der Waals surface area contributed by atoms with Crippen LogP contribution in [0.4, 0.5) is 5.69 Å². The molecule has 1 amide bonds. The Balaban J connectivity index is 1.44. The van der Waals surface area contributed by atoms with Gasteiger partial charge in [-0.05, 0) is 74.7 Å². The van der Waals surface area contributed by atoms with Gasteiger partial charge in [0, 0.05) is 22.2 Å². The number of amidine groups is 1. The summed E-state index contributed by atoms with van der Waals surface area (Å²) in [6.45, 7) is 1.06. The molecule has 0 unspecified atom stereocenters. The monoisotopic (exact) mass is 691 g/mol. The number of aliphatic imine (C=N–C) groups is 1. The molecule has 1 saturated heterocycles. The number of amides is 1. The van der Waals surface area contributed by atoms with Crippen LogP contribution in [0.25, 0.3) is 6.08 Å². The second kappa shape index (κ2) is 13.3. The van der Waals surface area contributed by atoms with Gasteiger partial charge in [-0.15, -0.1) is 0 Å². The lowest BCUT2D eigenvalue weighted by molar-refractivity contribution is -0.384. The van der Waals surface area contributed by atoms with Crippen LogP contribution in [0.5, 0.6) is 5.75 Å². The van der Waals surface area contributed by atoms with Crippen molar-refractivity contribution in [2.45, 2.75) is 19.7 Å². The first-order valence-corrected chi connectivity index (χ1v) is 15.0. The topological polar surface area (TPSA) is 85.0 Å². The molecule has 0 atom stereocenters. The van der Waals surface area contributed by atoms with E-state index in [9.17, 15) is 14.9 Å². The van der Waals surface area contributed by atoms with Gasteiger partial charge in [0.2, 0.25) is 0 Å². The fraction of sp³-hybridized carbons (Fsp3) is 0.0968. The van der Waals surface area contributed by atoms with Crippen molar-refractivity contribution in [1.82, 2.24) is 4.90 Å². The zero-order chi connectivity index (χ0) is 28.8. The number of nitro groups is 1. The van der Waals surface area contributed by atoms with Crippen LogP contribution in [0, 0.1) is 10.1 Å². The summed E-state index contributed by atoms with van der Waals surface area (Å²) in [5, 5.41) is 11.6. The molecule has 0 aliphatic carbocycles. The molecule has 10 heteroatoms. The number of hydrogen-bond donors (Lipinski definition) is 0. The van der Waals surface area contributed by atoms with Gasteiger partial charge in [-0.3, -0.25) is 24.8 Å². The van der Waals surface area contributed by atoms with Crippen LogP contribution < -0.4 is 4.74 Å². The molecular formula is C31H23Br2N3O4S. The number of nitro benzene ring substituents is 1. The molecule has 0 N–H and O–H groups in total. The number of nitrogens with zero attached hydrogens (tertiary/aromatic N) is 3. The maximum atomic E-state index is 13.7. The van der Waals surface area contributed by atoms with E-state index in [1.54, 1.807) is 17.0 Å². The fourth-order valence-corrected chi connectivity index (χ4v) is 6.46. The molecule has 5 rings (SSSR count). The van der Waals surface area contributed by atoms with E-state index >= 15 is 0 Å². The lowest BCUT2D eigenvalue weighted by Gasteiger charge is -2.16. The van der Waals surface area contributed by atoms with Gasteiger partial charge in [-0.2, -0.15) is 0 Å². The minimum Gasteiger partial charge on any atom is -0.487 e. The summed E-state index contributed by atoms with van der Waals surface area (Å²) in [6.07, 6.45) is 1.82.